The zero-order valence-electron chi connectivity index (χ0n) is 17.8. The van der Waals surface area contributed by atoms with Crippen LogP contribution in [-0.4, -0.2) is 41.4 Å². The van der Waals surface area contributed by atoms with E-state index in [0.717, 1.165) is 25.7 Å². The molecule has 4 nitrogen and oxygen atoms in total. The molecule has 0 aromatic rings. The van der Waals surface area contributed by atoms with Crippen LogP contribution in [0.15, 0.2) is 12.2 Å². The van der Waals surface area contributed by atoms with Crippen LogP contribution in [-0.2, 0) is 9.53 Å². The number of aliphatic hydroxyl groups is 2. The Morgan fingerprint density at radius 3 is 1.93 bits per heavy atom. The van der Waals surface area contributed by atoms with E-state index in [-0.39, 0.29) is 5.78 Å². The van der Waals surface area contributed by atoms with Gasteiger partial charge in [0.1, 0.15) is 12.2 Å². The zero-order chi connectivity index (χ0) is 20.2. The maximum atomic E-state index is 12.3. The van der Waals surface area contributed by atoms with E-state index in [9.17, 15) is 15.0 Å². The normalized spacial score (nSPS) is 13.9. The number of unbranched alkanes of at least 4 members (excludes halogenated alkanes) is 12. The van der Waals surface area contributed by atoms with Crippen molar-refractivity contribution in [3.8, 4) is 0 Å². The minimum atomic E-state index is -1.15. The first-order chi connectivity index (χ1) is 13.2. The van der Waals surface area contributed by atoms with Gasteiger partial charge in [0.05, 0.1) is 6.61 Å². The number of hydrogen-bond acceptors (Lipinski definition) is 4. The van der Waals surface area contributed by atoms with Crippen LogP contribution < -0.4 is 0 Å². The average molecular weight is 385 g/mol. The molecule has 0 saturated carbocycles. The number of hydrogen-bond donors (Lipinski definition) is 2. The Labute approximate surface area is 167 Å². The van der Waals surface area contributed by atoms with Gasteiger partial charge in [-0.05, 0) is 25.3 Å². The van der Waals surface area contributed by atoms with Gasteiger partial charge in [0.2, 0.25) is 0 Å². The van der Waals surface area contributed by atoms with Gasteiger partial charge in [0.15, 0.2) is 5.78 Å². The third kappa shape index (κ3) is 16.0. The maximum absolute atomic E-state index is 12.3. The lowest BCUT2D eigenvalue weighted by Gasteiger charge is -2.19. The second kappa shape index (κ2) is 20.0. The van der Waals surface area contributed by atoms with Crippen LogP contribution in [0.4, 0.5) is 0 Å². The molecule has 0 aliphatic carbocycles. The lowest BCUT2D eigenvalue weighted by molar-refractivity contribution is -0.135. The van der Waals surface area contributed by atoms with Crippen LogP contribution in [0.3, 0.4) is 0 Å². The molecule has 2 unspecified atom stereocenters. The highest BCUT2D eigenvalue weighted by Crippen LogP contribution is 2.10. The van der Waals surface area contributed by atoms with E-state index in [1.807, 2.05) is 6.08 Å². The Kier molecular flexibility index (Phi) is 19.5. The highest BCUT2D eigenvalue weighted by atomic mass is 16.5. The first-order valence-corrected chi connectivity index (χ1v) is 11.3. The van der Waals surface area contributed by atoms with E-state index in [0.29, 0.717) is 6.61 Å². The summed E-state index contributed by atoms with van der Waals surface area (Å²) in [5, 5.41) is 19.1. The summed E-state index contributed by atoms with van der Waals surface area (Å²) in [6, 6.07) is 0. The monoisotopic (exact) mass is 384 g/mol. The van der Waals surface area contributed by atoms with Gasteiger partial charge < -0.3 is 14.9 Å². The van der Waals surface area contributed by atoms with Crippen molar-refractivity contribution in [2.24, 2.45) is 0 Å². The van der Waals surface area contributed by atoms with Crippen molar-refractivity contribution >= 4 is 5.78 Å². The van der Waals surface area contributed by atoms with Gasteiger partial charge in [0, 0.05) is 6.61 Å². The lowest BCUT2D eigenvalue weighted by atomic mass is 10.1. The molecule has 4 heteroatoms. The first-order valence-electron chi connectivity index (χ1n) is 11.3. The van der Waals surface area contributed by atoms with Crippen molar-refractivity contribution in [3.63, 3.8) is 0 Å². The molecular formula is C23H44O4. The van der Waals surface area contributed by atoms with Gasteiger partial charge in [-0.25, -0.2) is 0 Å². The molecule has 0 aromatic carbocycles. The lowest BCUT2D eigenvalue weighted by Crippen LogP contribution is -2.38. The second-order valence-electron chi connectivity index (χ2n) is 7.52. The average Bonchev–Trinajstić information content (AvgIpc) is 2.68. The molecule has 0 spiro atoms. The van der Waals surface area contributed by atoms with Crippen LogP contribution in [0.5, 0.6) is 0 Å². The minimum absolute atomic E-state index is 0.245. The summed E-state index contributed by atoms with van der Waals surface area (Å²) < 4.78 is 5.59. The largest absolute Gasteiger partial charge is 0.394 e. The molecule has 0 radical (unpaired) electrons. The molecule has 0 heterocycles. The Morgan fingerprint density at radius 2 is 1.37 bits per heavy atom. The minimum Gasteiger partial charge on any atom is -0.394 e. The second-order valence-corrected chi connectivity index (χ2v) is 7.52. The molecule has 0 fully saturated rings. The van der Waals surface area contributed by atoms with Crippen molar-refractivity contribution in [1.29, 1.82) is 0 Å². The van der Waals surface area contributed by atoms with E-state index >= 15 is 0 Å². The van der Waals surface area contributed by atoms with Crippen molar-refractivity contribution in [3.05, 3.63) is 12.2 Å². The van der Waals surface area contributed by atoms with Gasteiger partial charge in [0.25, 0.3) is 0 Å². The first kappa shape index (κ1) is 26.3. The third-order valence-corrected chi connectivity index (χ3v) is 4.87. The topological polar surface area (TPSA) is 66.8 Å². The molecule has 0 aliphatic rings. The van der Waals surface area contributed by atoms with Crippen molar-refractivity contribution < 1.29 is 19.7 Å². The van der Waals surface area contributed by atoms with E-state index in [1.165, 1.54) is 70.3 Å². The van der Waals surface area contributed by atoms with Crippen LogP contribution in [0, 0.1) is 0 Å². The number of ketones is 1. The molecule has 0 bridgehead atoms. The summed E-state index contributed by atoms with van der Waals surface area (Å²) >= 11 is 0. The Bertz CT molecular complexity index is 354. The predicted molar refractivity (Wildman–Crippen MR) is 113 cm³/mol. The van der Waals surface area contributed by atoms with Crippen molar-refractivity contribution in [2.45, 2.75) is 116 Å². The summed E-state index contributed by atoms with van der Waals surface area (Å²) in [6.07, 6.45) is 17.8. The Balaban J connectivity index is 3.97. The molecule has 0 aliphatic heterocycles. The number of allylic oxidation sites excluding steroid dienone is 1. The summed E-state index contributed by atoms with van der Waals surface area (Å²) in [5.41, 5.74) is 0. The van der Waals surface area contributed by atoms with E-state index in [1.54, 1.807) is 0 Å². The number of carbonyl (C=O) groups is 1. The highest BCUT2D eigenvalue weighted by molar-refractivity contribution is 5.94. The molecule has 0 rings (SSSR count). The summed E-state index contributed by atoms with van der Waals surface area (Å²) in [4.78, 5) is 12.3. The number of rotatable bonds is 20. The van der Waals surface area contributed by atoms with Gasteiger partial charge in [-0.3, -0.25) is 4.79 Å². The molecule has 0 aromatic heterocycles. The smallest absolute Gasteiger partial charge is 0.186 e. The summed E-state index contributed by atoms with van der Waals surface area (Å²) in [5.74, 6) is -0.245. The SMILES string of the molecule is CCCCCCCCCC=CC(=O)C(OCCCCCCCC)C(O)CO. The van der Waals surface area contributed by atoms with E-state index in [4.69, 9.17) is 4.74 Å². The molecule has 0 saturated heterocycles. The molecule has 27 heavy (non-hydrogen) atoms. The van der Waals surface area contributed by atoms with Gasteiger partial charge in [-0.15, -0.1) is 0 Å². The van der Waals surface area contributed by atoms with Gasteiger partial charge in [-0.1, -0.05) is 90.6 Å². The molecule has 2 N–H and O–H groups in total. The van der Waals surface area contributed by atoms with Gasteiger partial charge in [-0.2, -0.15) is 0 Å². The van der Waals surface area contributed by atoms with Crippen LogP contribution >= 0.6 is 0 Å². The third-order valence-electron chi connectivity index (χ3n) is 4.87. The molecule has 2 atom stereocenters. The fourth-order valence-corrected chi connectivity index (χ4v) is 3.08. The highest BCUT2D eigenvalue weighted by Gasteiger charge is 2.25. The predicted octanol–water partition coefficient (Wildman–Crippen LogP) is 5.35. The molecule has 0 amide bonds. The van der Waals surface area contributed by atoms with Crippen LogP contribution in [0.1, 0.15) is 104 Å². The summed E-state index contributed by atoms with van der Waals surface area (Å²) in [6.45, 7) is 4.40. The summed E-state index contributed by atoms with van der Waals surface area (Å²) in [7, 11) is 0. The Morgan fingerprint density at radius 1 is 0.852 bits per heavy atom. The van der Waals surface area contributed by atoms with Crippen LogP contribution in [0.25, 0.3) is 0 Å². The van der Waals surface area contributed by atoms with Gasteiger partial charge >= 0.3 is 0 Å². The zero-order valence-corrected chi connectivity index (χ0v) is 17.8. The number of carbonyl (C=O) groups excluding carboxylic acids is 1. The quantitative estimate of drug-likeness (QED) is 0.219. The molecule has 160 valence electrons. The van der Waals surface area contributed by atoms with Crippen molar-refractivity contribution in [2.75, 3.05) is 13.2 Å². The molecular weight excluding hydrogens is 340 g/mol. The standard InChI is InChI=1S/C23H44O4/c1-3-5-7-9-11-12-13-14-16-18-21(25)23(22(26)20-24)27-19-17-15-10-8-6-4-2/h16,18,22-24,26H,3-15,17,19-20H2,1-2H3. The fraction of sp³-hybridized carbons (Fsp3) is 0.870. The number of ether oxygens (including phenoxy) is 1. The Hall–Kier alpha value is -0.710. The van der Waals surface area contributed by atoms with E-state index in [2.05, 4.69) is 13.8 Å². The number of aliphatic hydroxyl groups excluding tert-OH is 2. The fourth-order valence-electron chi connectivity index (χ4n) is 3.08. The van der Waals surface area contributed by atoms with Crippen molar-refractivity contribution in [1.82, 2.24) is 0 Å². The maximum Gasteiger partial charge on any atom is 0.186 e. The van der Waals surface area contributed by atoms with Crippen LogP contribution in [0.2, 0.25) is 0 Å². The van der Waals surface area contributed by atoms with E-state index < -0.39 is 18.8 Å².